The molecule has 0 spiro atoms. The quantitative estimate of drug-likeness (QED) is 0.333. The van der Waals surface area contributed by atoms with Crippen LogP contribution in [-0.2, 0) is 10.2 Å². The summed E-state index contributed by atoms with van der Waals surface area (Å²) in [6.45, 7) is 12.0. The van der Waals surface area contributed by atoms with Gasteiger partial charge in [-0.05, 0) is 54.8 Å². The van der Waals surface area contributed by atoms with Gasteiger partial charge in [-0.25, -0.2) is 14.2 Å². The molecule has 196 valence electrons. The molecule has 0 N–H and O–H groups in total. The van der Waals surface area contributed by atoms with Crippen LogP contribution in [0.15, 0.2) is 93.7 Å². The molecule has 0 bridgehead atoms. The third-order valence-corrected chi connectivity index (χ3v) is 11.7. The van der Waals surface area contributed by atoms with Crippen LogP contribution in [0, 0.1) is 13.8 Å². The average Bonchev–Trinajstić information content (AvgIpc) is 3.40. The number of benzene rings is 3. The number of likely N-dealkylation sites (N-methyl/N-ethyl adjacent to an activating group) is 1. The molecule has 0 aromatic heterocycles. The molecule has 6 nitrogen and oxygen atoms in total. The Morgan fingerprint density at radius 1 is 0.895 bits per heavy atom. The number of allylic oxidation sites excluding steroid dienone is 2. The Balaban J connectivity index is 1.71. The highest BCUT2D eigenvalue weighted by atomic mass is 31.2. The van der Waals surface area contributed by atoms with E-state index < -0.39 is 7.36 Å². The minimum Gasteiger partial charge on any atom is -0.379 e. The molecule has 0 saturated carbocycles. The van der Waals surface area contributed by atoms with Crippen LogP contribution in [0.2, 0.25) is 0 Å². The van der Waals surface area contributed by atoms with Gasteiger partial charge in [0, 0.05) is 36.9 Å². The van der Waals surface area contributed by atoms with Gasteiger partial charge in [0.15, 0.2) is 7.36 Å². The Labute approximate surface area is 226 Å². The van der Waals surface area contributed by atoms with E-state index in [2.05, 4.69) is 128 Å². The molecule has 3 aromatic rings. The Kier molecular flexibility index (Phi) is 6.30. The number of aryl methyl sites for hydroxylation is 1. The van der Waals surface area contributed by atoms with E-state index >= 15 is 0 Å². The lowest BCUT2D eigenvalue weighted by Crippen LogP contribution is -2.38. The van der Waals surface area contributed by atoms with Crippen molar-refractivity contribution in [3.8, 4) is 0 Å². The first kappa shape index (κ1) is 25.1. The number of fused-ring (bicyclic) bond motifs is 1. The van der Waals surface area contributed by atoms with Crippen LogP contribution in [0.5, 0.6) is 0 Å². The lowest BCUT2D eigenvalue weighted by Gasteiger charge is -2.43. The van der Waals surface area contributed by atoms with Crippen molar-refractivity contribution in [1.29, 1.82) is 0 Å². The van der Waals surface area contributed by atoms with Crippen molar-refractivity contribution in [2.45, 2.75) is 33.1 Å². The summed E-state index contributed by atoms with van der Waals surface area (Å²) in [6, 6.07) is 25.7. The van der Waals surface area contributed by atoms with Crippen molar-refractivity contribution in [3.05, 3.63) is 100 Å². The first-order chi connectivity index (χ1) is 18.4. The molecule has 0 radical (unpaired) electrons. The van der Waals surface area contributed by atoms with Crippen molar-refractivity contribution >= 4 is 30.6 Å². The zero-order chi connectivity index (χ0) is 26.5. The lowest BCUT2D eigenvalue weighted by molar-refractivity contribution is 0.0743. The highest BCUT2D eigenvalue weighted by Crippen LogP contribution is 2.70. The molecule has 1 atom stereocenters. The van der Waals surface area contributed by atoms with Crippen LogP contribution in [0.1, 0.15) is 30.5 Å². The van der Waals surface area contributed by atoms with E-state index in [1.54, 1.807) is 0 Å². The van der Waals surface area contributed by atoms with Gasteiger partial charge in [0.2, 0.25) is 0 Å². The van der Waals surface area contributed by atoms with Crippen LogP contribution in [0.25, 0.3) is 0 Å². The molecule has 3 heterocycles. The number of nitrogens with zero attached hydrogens (tertiary/aromatic N) is 5. The Morgan fingerprint density at radius 2 is 1.61 bits per heavy atom. The van der Waals surface area contributed by atoms with Gasteiger partial charge in [-0.2, -0.15) is 5.10 Å². The van der Waals surface area contributed by atoms with Crippen molar-refractivity contribution in [1.82, 2.24) is 4.67 Å². The summed E-state index contributed by atoms with van der Waals surface area (Å²) in [7, 11) is -0.405. The molecular weight excluding hydrogens is 489 g/mol. The largest absolute Gasteiger partial charge is 0.379 e. The summed E-state index contributed by atoms with van der Waals surface area (Å²) in [5, 5.41) is 6.38. The van der Waals surface area contributed by atoms with Crippen LogP contribution in [-0.4, -0.2) is 44.2 Å². The number of ether oxygens (including phenoxy) is 1. The van der Waals surface area contributed by atoms with Gasteiger partial charge >= 0.3 is 0 Å². The minimum absolute atomic E-state index is 0.200. The molecule has 38 heavy (non-hydrogen) atoms. The van der Waals surface area contributed by atoms with Crippen LogP contribution in [0.3, 0.4) is 0 Å². The van der Waals surface area contributed by atoms with Gasteiger partial charge in [0.1, 0.15) is 0 Å². The van der Waals surface area contributed by atoms with E-state index in [1.165, 1.54) is 33.4 Å². The molecule has 3 aromatic carbocycles. The summed E-state index contributed by atoms with van der Waals surface area (Å²) < 4.78 is 16.5. The Morgan fingerprint density at radius 3 is 2.34 bits per heavy atom. The predicted octanol–water partition coefficient (Wildman–Crippen LogP) is 7.44. The van der Waals surface area contributed by atoms with Crippen LogP contribution < -0.4 is 9.68 Å². The van der Waals surface area contributed by atoms with Crippen molar-refractivity contribution in [2.24, 2.45) is 9.85 Å². The molecule has 7 heteroatoms. The third kappa shape index (κ3) is 3.78. The average molecular weight is 526 g/mol. The van der Waals surface area contributed by atoms with Gasteiger partial charge in [-0.15, -0.1) is 0 Å². The molecule has 0 amide bonds. The van der Waals surface area contributed by atoms with Gasteiger partial charge in [0.25, 0.3) is 0 Å². The van der Waals surface area contributed by atoms with E-state index in [4.69, 9.17) is 14.6 Å². The fourth-order valence-corrected chi connectivity index (χ4v) is 9.94. The number of anilines is 2. The Hall–Kier alpha value is -3.18. The zero-order valence-corrected chi connectivity index (χ0v) is 23.8. The lowest BCUT2D eigenvalue weighted by atomic mass is 9.84. The van der Waals surface area contributed by atoms with Crippen molar-refractivity contribution in [3.63, 3.8) is 0 Å². The predicted molar refractivity (Wildman–Crippen MR) is 160 cm³/mol. The molecule has 6 rings (SSSR count). The molecule has 0 unspecified atom stereocenters. The van der Waals surface area contributed by atoms with Crippen LogP contribution in [0.4, 0.5) is 17.1 Å². The maximum absolute atomic E-state index is 5.86. The highest BCUT2D eigenvalue weighted by molar-refractivity contribution is 7.71. The maximum atomic E-state index is 5.86. The summed E-state index contributed by atoms with van der Waals surface area (Å²) >= 11 is 0. The number of hydrogen-bond donors (Lipinski definition) is 0. The molecule has 0 aliphatic carbocycles. The van der Waals surface area contributed by atoms with E-state index in [0.29, 0.717) is 13.2 Å². The molecular formula is C31H36N5OP. The summed E-state index contributed by atoms with van der Waals surface area (Å²) in [4.78, 5) is 2.37. The van der Waals surface area contributed by atoms with Gasteiger partial charge in [0.05, 0.1) is 36.1 Å². The number of hydrogen-bond acceptors (Lipinski definition) is 4. The third-order valence-electron chi connectivity index (χ3n) is 8.18. The SMILES string of the molecule is Cc1cccc(N=[P@]2(N3CCOCC3)/C(=C3/N(C)c4ccccc4C3(C)C)C=NN2c2ccccc2)c1C. The minimum atomic E-state index is -2.60. The van der Waals surface area contributed by atoms with Gasteiger partial charge in [-0.1, -0.05) is 62.4 Å². The topological polar surface area (TPSA) is 43.7 Å². The fourth-order valence-electron chi connectivity index (χ4n) is 6.07. The summed E-state index contributed by atoms with van der Waals surface area (Å²) in [5.41, 5.74) is 8.21. The van der Waals surface area contributed by atoms with Gasteiger partial charge < -0.3 is 9.64 Å². The molecule has 1 fully saturated rings. The summed E-state index contributed by atoms with van der Waals surface area (Å²) in [6.07, 6.45) is 2.10. The number of morpholine rings is 1. The molecule has 3 aliphatic heterocycles. The van der Waals surface area contributed by atoms with Gasteiger partial charge in [-0.3, -0.25) is 0 Å². The zero-order valence-electron chi connectivity index (χ0n) is 22.9. The fraction of sp³-hybridized carbons (Fsp3) is 0.323. The Bertz CT molecular complexity index is 1490. The van der Waals surface area contributed by atoms with E-state index in [-0.39, 0.29) is 5.41 Å². The standard InChI is InChI=1S/C31H36N5OP/c1-23-12-11-16-27(24(23)2)33-38(35-18-20-37-21-19-35)29(22-32-36(38)25-13-7-6-8-14-25)30-31(3,4)26-15-9-10-17-28(26)34(30)5/h6-17,22H,18-21H2,1-5H3/b30-29+/t38-/m0/s1. The van der Waals surface area contributed by atoms with Crippen molar-refractivity contribution in [2.75, 3.05) is 43.0 Å². The second-order valence-electron chi connectivity index (χ2n) is 10.8. The second-order valence-corrected chi connectivity index (χ2v) is 13.5. The first-order valence-corrected chi connectivity index (χ1v) is 15.0. The number of para-hydroxylation sites is 2. The molecule has 3 aliphatic rings. The van der Waals surface area contributed by atoms with E-state index in [1.807, 2.05) is 0 Å². The van der Waals surface area contributed by atoms with Crippen molar-refractivity contribution < 1.29 is 4.74 Å². The smallest absolute Gasteiger partial charge is 0.180 e. The molecule has 1 saturated heterocycles. The van der Waals surface area contributed by atoms with E-state index in [9.17, 15) is 0 Å². The maximum Gasteiger partial charge on any atom is 0.180 e. The second kappa shape index (κ2) is 9.53. The van der Waals surface area contributed by atoms with E-state index in [0.717, 1.165) is 24.5 Å². The number of hydrazone groups is 1. The monoisotopic (exact) mass is 525 g/mol. The first-order valence-electron chi connectivity index (χ1n) is 13.4. The normalized spacial score (nSPS) is 24.7. The van der Waals surface area contributed by atoms with Crippen LogP contribution >= 0.6 is 7.36 Å². The summed E-state index contributed by atoms with van der Waals surface area (Å²) in [5.74, 6) is 0. The number of rotatable bonds is 3. The highest BCUT2D eigenvalue weighted by Gasteiger charge is 2.50.